The summed E-state index contributed by atoms with van der Waals surface area (Å²) in [5.41, 5.74) is 2.84. The molecule has 0 atom stereocenters. The Morgan fingerprint density at radius 2 is 2.00 bits per heavy atom. The van der Waals surface area contributed by atoms with Gasteiger partial charge in [-0.15, -0.1) is 0 Å². The fourth-order valence-electron chi connectivity index (χ4n) is 2.32. The summed E-state index contributed by atoms with van der Waals surface area (Å²) in [7, 11) is 0. The van der Waals surface area contributed by atoms with Gasteiger partial charge < -0.3 is 5.32 Å². The van der Waals surface area contributed by atoms with Crippen molar-refractivity contribution >= 4 is 0 Å². The predicted molar refractivity (Wildman–Crippen MR) is 77.9 cm³/mol. The van der Waals surface area contributed by atoms with Crippen molar-refractivity contribution in [2.45, 2.75) is 60.4 Å². The second-order valence-electron chi connectivity index (χ2n) is 5.93. The number of hydrogen-bond acceptors (Lipinski definition) is 2. The maximum atomic E-state index is 4.52. The lowest BCUT2D eigenvalue weighted by Crippen LogP contribution is -2.25. The first kappa shape index (κ1) is 15.2. The van der Waals surface area contributed by atoms with E-state index in [0.717, 1.165) is 31.7 Å². The molecule has 3 nitrogen and oxygen atoms in total. The van der Waals surface area contributed by atoms with Crippen LogP contribution in [0.5, 0.6) is 0 Å². The monoisotopic (exact) mass is 251 g/mol. The van der Waals surface area contributed by atoms with E-state index in [4.69, 9.17) is 0 Å². The van der Waals surface area contributed by atoms with Crippen molar-refractivity contribution in [1.82, 2.24) is 15.1 Å². The first-order valence-corrected chi connectivity index (χ1v) is 7.22. The van der Waals surface area contributed by atoms with E-state index in [1.54, 1.807) is 0 Å². The van der Waals surface area contributed by atoms with Crippen LogP contribution in [0.25, 0.3) is 0 Å². The standard InChI is InChI=1S/C15H29N3/c1-6-9-16-10-8-15(4,5)12-14-11-13(3)17-18(14)7-2/h11,16H,6-10,12H2,1-5H3. The molecule has 0 aromatic carbocycles. The van der Waals surface area contributed by atoms with E-state index in [1.807, 2.05) is 0 Å². The lowest BCUT2D eigenvalue weighted by molar-refractivity contribution is 0.316. The van der Waals surface area contributed by atoms with Crippen molar-refractivity contribution < 1.29 is 0 Å². The summed E-state index contributed by atoms with van der Waals surface area (Å²) in [6, 6.07) is 2.23. The molecule has 0 bridgehead atoms. The van der Waals surface area contributed by atoms with E-state index in [9.17, 15) is 0 Å². The number of rotatable bonds is 8. The number of hydrogen-bond donors (Lipinski definition) is 1. The van der Waals surface area contributed by atoms with E-state index in [-0.39, 0.29) is 0 Å². The zero-order chi connectivity index (χ0) is 13.6. The Bertz CT molecular complexity index is 353. The fourth-order valence-corrected chi connectivity index (χ4v) is 2.32. The molecule has 3 heteroatoms. The summed E-state index contributed by atoms with van der Waals surface area (Å²) < 4.78 is 2.14. The van der Waals surface area contributed by atoms with Gasteiger partial charge in [-0.2, -0.15) is 5.10 Å². The van der Waals surface area contributed by atoms with Crippen molar-refractivity contribution in [3.63, 3.8) is 0 Å². The van der Waals surface area contributed by atoms with Gasteiger partial charge in [-0.05, 0) is 57.7 Å². The molecule has 18 heavy (non-hydrogen) atoms. The number of nitrogens with zero attached hydrogens (tertiary/aromatic N) is 2. The van der Waals surface area contributed by atoms with E-state index >= 15 is 0 Å². The Morgan fingerprint density at radius 3 is 2.61 bits per heavy atom. The van der Waals surface area contributed by atoms with Gasteiger partial charge in [0.1, 0.15) is 0 Å². The Hall–Kier alpha value is -0.830. The molecule has 1 aromatic rings. The third kappa shape index (κ3) is 4.81. The normalized spacial score (nSPS) is 12.1. The first-order chi connectivity index (χ1) is 8.48. The first-order valence-electron chi connectivity index (χ1n) is 7.22. The molecule has 0 aliphatic heterocycles. The van der Waals surface area contributed by atoms with Crippen molar-refractivity contribution in [1.29, 1.82) is 0 Å². The van der Waals surface area contributed by atoms with E-state index in [1.165, 1.54) is 18.5 Å². The fraction of sp³-hybridized carbons (Fsp3) is 0.800. The summed E-state index contributed by atoms with van der Waals surface area (Å²) >= 11 is 0. The van der Waals surface area contributed by atoms with Gasteiger partial charge in [-0.3, -0.25) is 4.68 Å². The minimum atomic E-state index is 0.333. The van der Waals surface area contributed by atoms with E-state index in [0.29, 0.717) is 5.41 Å². The summed E-state index contributed by atoms with van der Waals surface area (Å²) in [6.07, 6.45) is 3.53. The highest BCUT2D eigenvalue weighted by Gasteiger charge is 2.20. The lowest BCUT2D eigenvalue weighted by atomic mass is 9.84. The zero-order valence-corrected chi connectivity index (χ0v) is 12.7. The molecule has 104 valence electrons. The summed E-state index contributed by atoms with van der Waals surface area (Å²) in [6.45, 7) is 14.3. The van der Waals surface area contributed by atoms with Gasteiger partial charge in [0, 0.05) is 12.2 Å². The van der Waals surface area contributed by atoms with Crippen LogP contribution in [0.2, 0.25) is 0 Å². The summed E-state index contributed by atoms with van der Waals surface area (Å²) in [4.78, 5) is 0. The van der Waals surface area contributed by atoms with Crippen LogP contribution >= 0.6 is 0 Å². The van der Waals surface area contributed by atoms with Crippen molar-refractivity contribution in [3.8, 4) is 0 Å². The van der Waals surface area contributed by atoms with Gasteiger partial charge >= 0.3 is 0 Å². The van der Waals surface area contributed by atoms with Crippen molar-refractivity contribution in [2.75, 3.05) is 13.1 Å². The molecule has 0 spiro atoms. The minimum Gasteiger partial charge on any atom is -0.317 e. The quantitative estimate of drug-likeness (QED) is 0.719. The molecule has 0 unspecified atom stereocenters. The third-order valence-corrected chi connectivity index (χ3v) is 3.35. The van der Waals surface area contributed by atoms with Crippen molar-refractivity contribution in [3.05, 3.63) is 17.5 Å². The molecule has 1 aromatic heterocycles. The molecule has 0 radical (unpaired) electrons. The van der Waals surface area contributed by atoms with Crippen LogP contribution in [0.15, 0.2) is 6.07 Å². The van der Waals surface area contributed by atoms with Gasteiger partial charge in [0.2, 0.25) is 0 Å². The Kier molecular flexibility index (Phi) is 5.86. The number of aryl methyl sites for hydroxylation is 2. The summed E-state index contributed by atoms with van der Waals surface area (Å²) in [5, 5.41) is 8.01. The van der Waals surface area contributed by atoms with Crippen LogP contribution in [0.1, 0.15) is 51.9 Å². The van der Waals surface area contributed by atoms with Gasteiger partial charge in [-0.25, -0.2) is 0 Å². The van der Waals surface area contributed by atoms with E-state index < -0.39 is 0 Å². The zero-order valence-electron chi connectivity index (χ0n) is 12.7. The largest absolute Gasteiger partial charge is 0.317 e. The molecule has 1 rings (SSSR count). The van der Waals surface area contributed by atoms with Crippen LogP contribution in [0.4, 0.5) is 0 Å². The summed E-state index contributed by atoms with van der Waals surface area (Å²) in [5.74, 6) is 0. The van der Waals surface area contributed by atoms with Crippen LogP contribution in [-0.4, -0.2) is 22.9 Å². The third-order valence-electron chi connectivity index (χ3n) is 3.35. The lowest BCUT2D eigenvalue weighted by Gasteiger charge is -2.25. The Labute approximate surface area is 112 Å². The molecular formula is C15H29N3. The second kappa shape index (κ2) is 6.93. The maximum Gasteiger partial charge on any atom is 0.0596 e. The number of nitrogens with one attached hydrogen (secondary N) is 1. The van der Waals surface area contributed by atoms with Gasteiger partial charge in [0.15, 0.2) is 0 Å². The Morgan fingerprint density at radius 1 is 1.28 bits per heavy atom. The van der Waals surface area contributed by atoms with Crippen molar-refractivity contribution in [2.24, 2.45) is 5.41 Å². The topological polar surface area (TPSA) is 29.9 Å². The molecule has 0 aliphatic carbocycles. The van der Waals surface area contributed by atoms with E-state index in [2.05, 4.69) is 55.8 Å². The Balaban J connectivity index is 2.52. The van der Waals surface area contributed by atoms with Gasteiger partial charge in [0.05, 0.1) is 5.69 Å². The molecule has 0 aliphatic rings. The molecule has 0 saturated carbocycles. The van der Waals surface area contributed by atoms with Crippen LogP contribution in [0.3, 0.4) is 0 Å². The van der Waals surface area contributed by atoms with Crippen LogP contribution in [-0.2, 0) is 13.0 Å². The highest BCUT2D eigenvalue weighted by molar-refractivity contribution is 5.10. The smallest absolute Gasteiger partial charge is 0.0596 e. The highest BCUT2D eigenvalue weighted by Crippen LogP contribution is 2.25. The minimum absolute atomic E-state index is 0.333. The molecule has 0 amide bonds. The maximum absolute atomic E-state index is 4.52. The molecule has 0 saturated heterocycles. The van der Waals surface area contributed by atoms with Gasteiger partial charge in [-0.1, -0.05) is 20.8 Å². The average Bonchev–Trinajstić information content (AvgIpc) is 2.64. The number of aromatic nitrogens is 2. The van der Waals surface area contributed by atoms with Crippen LogP contribution in [0, 0.1) is 12.3 Å². The molecule has 0 fully saturated rings. The predicted octanol–water partition coefficient (Wildman–Crippen LogP) is 3.17. The molecular weight excluding hydrogens is 222 g/mol. The molecule has 1 N–H and O–H groups in total. The molecule has 1 heterocycles. The van der Waals surface area contributed by atoms with Gasteiger partial charge in [0.25, 0.3) is 0 Å². The highest BCUT2D eigenvalue weighted by atomic mass is 15.3. The SMILES string of the molecule is CCCNCCC(C)(C)Cc1cc(C)nn1CC. The average molecular weight is 251 g/mol. The second-order valence-corrected chi connectivity index (χ2v) is 5.93. The van der Waals surface area contributed by atoms with Crippen LogP contribution < -0.4 is 5.32 Å².